The van der Waals surface area contributed by atoms with Crippen LogP contribution in [0.25, 0.3) is 0 Å². The smallest absolute Gasteiger partial charge is 0.253 e. The van der Waals surface area contributed by atoms with Gasteiger partial charge in [-0.1, -0.05) is 6.07 Å². The minimum atomic E-state index is -0.525. The third-order valence-corrected chi connectivity index (χ3v) is 4.66. The molecule has 27 heavy (non-hydrogen) atoms. The summed E-state index contributed by atoms with van der Waals surface area (Å²) in [4.78, 5) is 37.6. The van der Waals surface area contributed by atoms with Gasteiger partial charge in [-0.15, -0.1) is 0 Å². The lowest BCUT2D eigenvalue weighted by Gasteiger charge is -2.31. The van der Waals surface area contributed by atoms with Crippen LogP contribution < -0.4 is 11.1 Å². The fourth-order valence-electron chi connectivity index (χ4n) is 3.11. The summed E-state index contributed by atoms with van der Waals surface area (Å²) in [7, 11) is 0. The summed E-state index contributed by atoms with van der Waals surface area (Å²) in [6.07, 6.45) is 1.07. The van der Waals surface area contributed by atoms with Crippen molar-refractivity contribution in [2.75, 3.05) is 18.4 Å². The molecule has 0 atom stereocenters. The van der Waals surface area contributed by atoms with Crippen molar-refractivity contribution in [1.29, 1.82) is 0 Å². The van der Waals surface area contributed by atoms with Crippen LogP contribution in [0.3, 0.4) is 0 Å². The number of amides is 3. The van der Waals surface area contributed by atoms with Crippen molar-refractivity contribution in [3.63, 3.8) is 0 Å². The highest BCUT2D eigenvalue weighted by Gasteiger charge is 2.28. The first kappa shape index (κ1) is 18.6. The molecule has 2 aromatic carbocycles. The van der Waals surface area contributed by atoms with E-state index in [0.717, 1.165) is 0 Å². The Morgan fingerprint density at radius 3 is 2.26 bits per heavy atom. The molecule has 6 nitrogen and oxygen atoms in total. The van der Waals surface area contributed by atoms with E-state index in [9.17, 15) is 18.8 Å². The van der Waals surface area contributed by atoms with Gasteiger partial charge in [-0.3, -0.25) is 14.4 Å². The molecule has 1 aliphatic heterocycles. The maximum atomic E-state index is 13.3. The number of nitrogens with two attached hydrogens (primary N) is 1. The predicted molar refractivity (Wildman–Crippen MR) is 98.6 cm³/mol. The first-order chi connectivity index (χ1) is 12.9. The van der Waals surface area contributed by atoms with E-state index in [1.54, 1.807) is 35.2 Å². The molecule has 2 aromatic rings. The second-order valence-electron chi connectivity index (χ2n) is 6.51. The van der Waals surface area contributed by atoms with Crippen LogP contribution in [0.5, 0.6) is 0 Å². The van der Waals surface area contributed by atoms with Gasteiger partial charge in [-0.05, 0) is 55.3 Å². The molecule has 0 aliphatic carbocycles. The van der Waals surface area contributed by atoms with E-state index < -0.39 is 11.7 Å². The standard InChI is InChI=1S/C20H20FN3O3/c21-16-3-1-2-15(12-16)20(27)24-10-8-14(9-11-24)19(26)23-17-6-4-13(5-7-17)18(22)25/h1-7,12,14H,8-11H2,(H2,22,25)(H,23,26). The summed E-state index contributed by atoms with van der Waals surface area (Å²) in [5.74, 6) is -1.53. The van der Waals surface area contributed by atoms with Gasteiger partial charge in [0.15, 0.2) is 0 Å². The summed E-state index contributed by atoms with van der Waals surface area (Å²) < 4.78 is 13.3. The molecule has 1 saturated heterocycles. The van der Waals surface area contributed by atoms with Crippen molar-refractivity contribution in [2.45, 2.75) is 12.8 Å². The van der Waals surface area contributed by atoms with Gasteiger partial charge in [-0.2, -0.15) is 0 Å². The number of carbonyl (C=O) groups is 3. The lowest BCUT2D eigenvalue weighted by molar-refractivity contribution is -0.121. The van der Waals surface area contributed by atoms with Gasteiger partial charge >= 0.3 is 0 Å². The molecule has 3 N–H and O–H groups in total. The molecule has 0 saturated carbocycles. The molecular formula is C20H20FN3O3. The highest BCUT2D eigenvalue weighted by Crippen LogP contribution is 2.21. The molecule has 0 radical (unpaired) electrons. The van der Waals surface area contributed by atoms with Gasteiger partial charge in [0.2, 0.25) is 11.8 Å². The predicted octanol–water partition coefficient (Wildman–Crippen LogP) is 2.42. The van der Waals surface area contributed by atoms with E-state index >= 15 is 0 Å². The minimum absolute atomic E-state index is 0.125. The molecule has 0 aromatic heterocycles. The van der Waals surface area contributed by atoms with Crippen LogP contribution >= 0.6 is 0 Å². The van der Waals surface area contributed by atoms with Crippen LogP contribution in [-0.4, -0.2) is 35.7 Å². The number of rotatable bonds is 4. The Labute approximate surface area is 156 Å². The summed E-state index contributed by atoms with van der Waals surface area (Å²) in [5.41, 5.74) is 6.46. The Bertz CT molecular complexity index is 859. The molecule has 0 bridgehead atoms. The normalized spacial score (nSPS) is 14.6. The van der Waals surface area contributed by atoms with E-state index in [1.807, 2.05) is 0 Å². The van der Waals surface area contributed by atoms with Gasteiger partial charge in [0, 0.05) is 35.8 Å². The zero-order valence-electron chi connectivity index (χ0n) is 14.7. The van der Waals surface area contributed by atoms with Crippen molar-refractivity contribution in [3.8, 4) is 0 Å². The lowest BCUT2D eigenvalue weighted by atomic mass is 9.95. The molecule has 1 aliphatic rings. The average molecular weight is 369 g/mol. The van der Waals surface area contributed by atoms with Gasteiger partial charge in [0.05, 0.1) is 0 Å². The first-order valence-corrected chi connectivity index (χ1v) is 8.69. The van der Waals surface area contributed by atoms with E-state index in [2.05, 4.69) is 5.32 Å². The number of benzene rings is 2. The number of hydrogen-bond donors (Lipinski definition) is 2. The maximum absolute atomic E-state index is 13.3. The highest BCUT2D eigenvalue weighted by atomic mass is 19.1. The van der Waals surface area contributed by atoms with Crippen molar-refractivity contribution >= 4 is 23.4 Å². The van der Waals surface area contributed by atoms with E-state index in [4.69, 9.17) is 5.73 Å². The van der Waals surface area contributed by atoms with Crippen LogP contribution in [0.15, 0.2) is 48.5 Å². The Morgan fingerprint density at radius 2 is 1.67 bits per heavy atom. The first-order valence-electron chi connectivity index (χ1n) is 8.69. The topological polar surface area (TPSA) is 92.5 Å². The van der Waals surface area contributed by atoms with Crippen LogP contribution in [0.1, 0.15) is 33.6 Å². The van der Waals surface area contributed by atoms with Gasteiger partial charge < -0.3 is 16.0 Å². The van der Waals surface area contributed by atoms with Gasteiger partial charge in [0.25, 0.3) is 5.91 Å². The monoisotopic (exact) mass is 369 g/mol. The average Bonchev–Trinajstić information content (AvgIpc) is 2.68. The van der Waals surface area contributed by atoms with Crippen LogP contribution in [0.4, 0.5) is 10.1 Å². The Kier molecular flexibility index (Phi) is 5.49. The molecule has 3 rings (SSSR count). The molecule has 7 heteroatoms. The van der Waals surface area contributed by atoms with Gasteiger partial charge in [-0.25, -0.2) is 4.39 Å². The van der Waals surface area contributed by atoms with Crippen molar-refractivity contribution in [2.24, 2.45) is 11.7 Å². The number of carbonyl (C=O) groups excluding carboxylic acids is 3. The number of halogens is 1. The summed E-state index contributed by atoms with van der Waals surface area (Å²) in [5, 5.41) is 2.82. The second kappa shape index (κ2) is 7.99. The minimum Gasteiger partial charge on any atom is -0.366 e. The summed E-state index contributed by atoms with van der Waals surface area (Å²) >= 11 is 0. The number of hydrogen-bond acceptors (Lipinski definition) is 3. The number of likely N-dealkylation sites (tertiary alicyclic amines) is 1. The highest BCUT2D eigenvalue weighted by molar-refractivity contribution is 5.96. The SMILES string of the molecule is NC(=O)c1ccc(NC(=O)C2CCN(C(=O)c3cccc(F)c3)CC2)cc1. The molecule has 1 fully saturated rings. The Morgan fingerprint density at radius 1 is 1.00 bits per heavy atom. The third kappa shape index (κ3) is 4.49. The largest absolute Gasteiger partial charge is 0.366 e. The number of nitrogens with one attached hydrogen (secondary N) is 1. The third-order valence-electron chi connectivity index (χ3n) is 4.66. The Balaban J connectivity index is 1.54. The quantitative estimate of drug-likeness (QED) is 0.867. The van der Waals surface area contributed by atoms with Crippen molar-refractivity contribution in [3.05, 3.63) is 65.5 Å². The molecular weight excluding hydrogens is 349 g/mol. The van der Waals surface area contributed by atoms with E-state index in [-0.39, 0.29) is 17.7 Å². The fourth-order valence-corrected chi connectivity index (χ4v) is 3.11. The zero-order valence-corrected chi connectivity index (χ0v) is 14.7. The van der Waals surface area contributed by atoms with Crippen LogP contribution in [0.2, 0.25) is 0 Å². The Hall–Kier alpha value is -3.22. The molecule has 1 heterocycles. The zero-order chi connectivity index (χ0) is 19.4. The summed E-state index contributed by atoms with van der Waals surface area (Å²) in [6.45, 7) is 0.877. The number of anilines is 1. The van der Waals surface area contributed by atoms with Crippen LogP contribution in [-0.2, 0) is 4.79 Å². The van der Waals surface area contributed by atoms with Crippen molar-refractivity contribution in [1.82, 2.24) is 4.90 Å². The number of nitrogens with zero attached hydrogens (tertiary/aromatic N) is 1. The molecule has 3 amide bonds. The number of piperidine rings is 1. The van der Waals surface area contributed by atoms with E-state index in [1.165, 1.54) is 18.2 Å². The van der Waals surface area contributed by atoms with Gasteiger partial charge in [0.1, 0.15) is 5.82 Å². The van der Waals surface area contributed by atoms with Crippen molar-refractivity contribution < 1.29 is 18.8 Å². The second-order valence-corrected chi connectivity index (χ2v) is 6.51. The molecule has 0 spiro atoms. The maximum Gasteiger partial charge on any atom is 0.253 e. The number of primary amides is 1. The molecule has 140 valence electrons. The van der Waals surface area contributed by atoms with Crippen LogP contribution in [0, 0.1) is 11.7 Å². The molecule has 0 unspecified atom stereocenters. The van der Waals surface area contributed by atoms with E-state index in [0.29, 0.717) is 42.7 Å². The fraction of sp³-hybridized carbons (Fsp3) is 0.250. The lowest BCUT2D eigenvalue weighted by Crippen LogP contribution is -2.41. The summed E-state index contributed by atoms with van der Waals surface area (Å²) in [6, 6.07) is 12.0.